The first kappa shape index (κ1) is 18.1. The SMILES string of the molecule is Cc1ccc(S(=O)(=O)Oc2ccccc2NC(=S)c2ccccc2)cc1. The van der Waals surface area contributed by atoms with Gasteiger partial charge in [-0.1, -0.05) is 72.4 Å². The number of hydrogen-bond donors (Lipinski definition) is 1. The number of nitrogens with one attached hydrogen (secondary N) is 1. The van der Waals surface area contributed by atoms with E-state index in [4.69, 9.17) is 16.4 Å². The van der Waals surface area contributed by atoms with Gasteiger partial charge in [0.15, 0.2) is 5.75 Å². The van der Waals surface area contributed by atoms with Gasteiger partial charge in [0.05, 0.1) is 5.69 Å². The molecule has 0 aromatic heterocycles. The number of anilines is 1. The second-order valence-electron chi connectivity index (χ2n) is 5.67. The van der Waals surface area contributed by atoms with Crippen molar-refractivity contribution in [2.45, 2.75) is 11.8 Å². The monoisotopic (exact) mass is 383 g/mol. The smallest absolute Gasteiger partial charge is 0.339 e. The zero-order valence-corrected chi connectivity index (χ0v) is 15.7. The molecular formula is C20H17NO3S2. The second-order valence-corrected chi connectivity index (χ2v) is 7.62. The molecule has 0 atom stereocenters. The van der Waals surface area contributed by atoms with Crippen molar-refractivity contribution >= 4 is 33.0 Å². The molecule has 0 saturated heterocycles. The van der Waals surface area contributed by atoms with E-state index in [-0.39, 0.29) is 10.6 Å². The van der Waals surface area contributed by atoms with Gasteiger partial charge in [-0.05, 0) is 31.2 Å². The molecule has 3 aromatic rings. The largest absolute Gasteiger partial charge is 0.377 e. The van der Waals surface area contributed by atoms with Crippen LogP contribution in [0.2, 0.25) is 0 Å². The lowest BCUT2D eigenvalue weighted by molar-refractivity contribution is 0.487. The van der Waals surface area contributed by atoms with Crippen LogP contribution in [0.15, 0.2) is 83.8 Å². The molecule has 132 valence electrons. The number of aryl methyl sites for hydroxylation is 1. The van der Waals surface area contributed by atoms with E-state index in [1.165, 1.54) is 12.1 Å². The molecule has 0 fully saturated rings. The Hall–Kier alpha value is -2.70. The van der Waals surface area contributed by atoms with Crippen LogP contribution in [0, 0.1) is 6.92 Å². The van der Waals surface area contributed by atoms with Crippen molar-refractivity contribution in [3.05, 3.63) is 90.0 Å². The van der Waals surface area contributed by atoms with Crippen molar-refractivity contribution in [2.75, 3.05) is 5.32 Å². The van der Waals surface area contributed by atoms with Gasteiger partial charge in [-0.2, -0.15) is 8.42 Å². The number of para-hydroxylation sites is 2. The zero-order chi connectivity index (χ0) is 18.6. The molecule has 0 unspecified atom stereocenters. The van der Waals surface area contributed by atoms with Gasteiger partial charge in [0.1, 0.15) is 9.88 Å². The fourth-order valence-corrected chi connectivity index (χ4v) is 3.49. The summed E-state index contributed by atoms with van der Waals surface area (Å²) in [6, 6.07) is 22.7. The van der Waals surface area contributed by atoms with E-state index in [1.54, 1.807) is 36.4 Å². The number of benzene rings is 3. The summed E-state index contributed by atoms with van der Waals surface area (Å²) in [6.45, 7) is 1.89. The Morgan fingerprint density at radius 3 is 2.19 bits per heavy atom. The fraction of sp³-hybridized carbons (Fsp3) is 0.0500. The predicted molar refractivity (Wildman–Crippen MR) is 107 cm³/mol. The molecule has 26 heavy (non-hydrogen) atoms. The summed E-state index contributed by atoms with van der Waals surface area (Å²) in [5, 5.41) is 3.05. The van der Waals surface area contributed by atoms with Crippen LogP contribution in [0.4, 0.5) is 5.69 Å². The average Bonchev–Trinajstić information content (AvgIpc) is 2.64. The molecule has 1 N–H and O–H groups in total. The highest BCUT2D eigenvalue weighted by molar-refractivity contribution is 7.87. The summed E-state index contributed by atoms with van der Waals surface area (Å²) in [7, 11) is -3.94. The first-order valence-corrected chi connectivity index (χ1v) is 9.74. The van der Waals surface area contributed by atoms with Crippen LogP contribution < -0.4 is 9.50 Å². The number of thiocarbonyl (C=S) groups is 1. The van der Waals surface area contributed by atoms with Gasteiger partial charge >= 0.3 is 10.1 Å². The minimum Gasteiger partial charge on any atom is -0.377 e. The summed E-state index contributed by atoms with van der Waals surface area (Å²) < 4.78 is 30.4. The Labute approximate surface area is 158 Å². The van der Waals surface area contributed by atoms with Crippen LogP contribution in [0.25, 0.3) is 0 Å². The van der Waals surface area contributed by atoms with E-state index >= 15 is 0 Å². The number of hydrogen-bond acceptors (Lipinski definition) is 4. The molecule has 3 aromatic carbocycles. The minimum atomic E-state index is -3.94. The summed E-state index contributed by atoms with van der Waals surface area (Å²) in [4.78, 5) is 0.581. The summed E-state index contributed by atoms with van der Waals surface area (Å²) in [6.07, 6.45) is 0. The van der Waals surface area contributed by atoms with Crippen LogP contribution in [-0.4, -0.2) is 13.4 Å². The molecule has 3 rings (SSSR count). The van der Waals surface area contributed by atoms with Crippen molar-refractivity contribution in [3.63, 3.8) is 0 Å². The molecule has 0 bridgehead atoms. The molecule has 0 radical (unpaired) electrons. The van der Waals surface area contributed by atoms with Crippen LogP contribution in [-0.2, 0) is 10.1 Å². The summed E-state index contributed by atoms with van der Waals surface area (Å²) in [5.41, 5.74) is 2.29. The van der Waals surface area contributed by atoms with E-state index in [0.29, 0.717) is 10.7 Å². The van der Waals surface area contributed by atoms with E-state index in [2.05, 4.69) is 5.32 Å². The Morgan fingerprint density at radius 1 is 0.885 bits per heavy atom. The highest BCUT2D eigenvalue weighted by Gasteiger charge is 2.18. The third-order valence-electron chi connectivity index (χ3n) is 3.68. The van der Waals surface area contributed by atoms with E-state index in [9.17, 15) is 8.42 Å². The van der Waals surface area contributed by atoms with Gasteiger partial charge in [-0.3, -0.25) is 0 Å². The maximum Gasteiger partial charge on any atom is 0.339 e. The Morgan fingerprint density at radius 2 is 1.50 bits per heavy atom. The lowest BCUT2D eigenvalue weighted by atomic mass is 10.2. The normalized spacial score (nSPS) is 11.0. The maximum absolute atomic E-state index is 12.5. The quantitative estimate of drug-likeness (QED) is 0.517. The predicted octanol–water partition coefficient (Wildman–Crippen LogP) is 4.55. The molecule has 0 aliphatic rings. The van der Waals surface area contributed by atoms with E-state index in [0.717, 1.165) is 11.1 Å². The van der Waals surface area contributed by atoms with E-state index in [1.807, 2.05) is 37.3 Å². The molecule has 0 heterocycles. The third-order valence-corrected chi connectivity index (χ3v) is 5.27. The molecule has 0 saturated carbocycles. The summed E-state index contributed by atoms with van der Waals surface area (Å²) in [5.74, 6) is 0.186. The van der Waals surface area contributed by atoms with Gasteiger partial charge < -0.3 is 9.50 Å². The molecule has 4 nitrogen and oxygen atoms in total. The molecule has 0 aliphatic carbocycles. The van der Waals surface area contributed by atoms with Gasteiger partial charge in [0.25, 0.3) is 0 Å². The van der Waals surface area contributed by atoms with Crippen LogP contribution in [0.1, 0.15) is 11.1 Å². The van der Waals surface area contributed by atoms with Crippen molar-refractivity contribution in [1.82, 2.24) is 0 Å². The van der Waals surface area contributed by atoms with Crippen molar-refractivity contribution < 1.29 is 12.6 Å². The highest BCUT2D eigenvalue weighted by atomic mass is 32.2. The Kier molecular flexibility index (Phi) is 5.35. The first-order chi connectivity index (χ1) is 12.5. The minimum absolute atomic E-state index is 0.100. The lowest BCUT2D eigenvalue weighted by Gasteiger charge is -2.14. The zero-order valence-electron chi connectivity index (χ0n) is 14.0. The molecule has 0 aliphatic heterocycles. The fourth-order valence-electron chi connectivity index (χ4n) is 2.30. The average molecular weight is 383 g/mol. The van der Waals surface area contributed by atoms with Crippen LogP contribution in [0.3, 0.4) is 0 Å². The van der Waals surface area contributed by atoms with Gasteiger partial charge in [0, 0.05) is 5.56 Å². The molecule has 6 heteroatoms. The summed E-state index contributed by atoms with van der Waals surface area (Å²) >= 11 is 5.40. The van der Waals surface area contributed by atoms with Gasteiger partial charge in [-0.25, -0.2) is 0 Å². The highest BCUT2D eigenvalue weighted by Crippen LogP contribution is 2.28. The van der Waals surface area contributed by atoms with Gasteiger partial charge in [0.2, 0.25) is 0 Å². The van der Waals surface area contributed by atoms with Crippen LogP contribution >= 0.6 is 12.2 Å². The lowest BCUT2D eigenvalue weighted by Crippen LogP contribution is -2.14. The van der Waals surface area contributed by atoms with Crippen LogP contribution in [0.5, 0.6) is 5.75 Å². The second kappa shape index (κ2) is 7.68. The maximum atomic E-state index is 12.5. The van der Waals surface area contributed by atoms with Crippen molar-refractivity contribution in [1.29, 1.82) is 0 Å². The van der Waals surface area contributed by atoms with Crippen molar-refractivity contribution in [3.8, 4) is 5.75 Å². The molecule has 0 spiro atoms. The van der Waals surface area contributed by atoms with Gasteiger partial charge in [-0.15, -0.1) is 0 Å². The standard InChI is InChI=1S/C20H17NO3S2/c1-15-11-13-17(14-12-15)26(22,23)24-19-10-6-5-9-18(19)21-20(25)16-7-3-2-4-8-16/h2-14H,1H3,(H,21,25). The third kappa shape index (κ3) is 4.28. The van der Waals surface area contributed by atoms with Crippen molar-refractivity contribution in [2.24, 2.45) is 0 Å². The molecular weight excluding hydrogens is 366 g/mol. The number of rotatable bonds is 5. The first-order valence-electron chi connectivity index (χ1n) is 7.92. The Balaban J connectivity index is 1.85. The van der Waals surface area contributed by atoms with E-state index < -0.39 is 10.1 Å². The Bertz CT molecular complexity index is 1010. The topological polar surface area (TPSA) is 55.4 Å². The molecule has 0 amide bonds.